The first-order valence-electron chi connectivity index (χ1n) is 10.5. The zero-order valence-corrected chi connectivity index (χ0v) is 19.9. The Labute approximate surface area is 191 Å². The predicted molar refractivity (Wildman–Crippen MR) is 133 cm³/mol. The molecule has 1 aromatic heterocycles. The number of hydrogen-bond donors (Lipinski definition) is 0. The van der Waals surface area contributed by atoms with E-state index in [1.165, 1.54) is 47.7 Å². The molecule has 0 saturated carbocycles. The molecule has 0 aliphatic carbocycles. The lowest BCUT2D eigenvalue weighted by Gasteiger charge is -2.16. The van der Waals surface area contributed by atoms with Gasteiger partial charge in [-0.1, -0.05) is 18.2 Å². The largest absolute Gasteiger partial charge is 0.343 e. The highest BCUT2D eigenvalue weighted by Gasteiger charge is 2.36. The lowest BCUT2D eigenvalue weighted by molar-refractivity contribution is -0.141. The van der Waals surface area contributed by atoms with E-state index in [-0.39, 0.29) is 17.4 Å². The van der Waals surface area contributed by atoms with Crippen LogP contribution in [0.3, 0.4) is 0 Å². The number of thioether (sulfide) groups is 1. The average Bonchev–Trinajstić information content (AvgIpc) is 3.15. The van der Waals surface area contributed by atoms with Crippen LogP contribution in [-0.2, 0) is 16.6 Å². The second-order valence-corrected chi connectivity index (χ2v) is 9.36. The van der Waals surface area contributed by atoms with Crippen molar-refractivity contribution in [3.8, 4) is 0 Å². The van der Waals surface area contributed by atoms with Gasteiger partial charge in [0.2, 0.25) is 0 Å². The molecule has 162 valence electrons. The summed E-state index contributed by atoms with van der Waals surface area (Å²) in [4.78, 5) is 26.3. The Morgan fingerprint density at radius 1 is 0.781 bits per heavy atom. The van der Waals surface area contributed by atoms with Crippen molar-refractivity contribution < 1.29 is 9.59 Å². The summed E-state index contributed by atoms with van der Waals surface area (Å²) in [5, 5.41) is 7.45. The summed E-state index contributed by atoms with van der Waals surface area (Å²) >= 11 is 1.77. The van der Waals surface area contributed by atoms with Gasteiger partial charge in [-0.15, -0.1) is 11.8 Å². The van der Waals surface area contributed by atoms with Gasteiger partial charge in [0.25, 0.3) is 11.8 Å². The Kier molecular flexibility index (Phi) is 4.60. The maximum absolute atomic E-state index is 12.5. The van der Waals surface area contributed by atoms with Gasteiger partial charge in [-0.3, -0.25) is 19.6 Å². The third kappa shape index (κ3) is 2.79. The quantitative estimate of drug-likeness (QED) is 0.247. The van der Waals surface area contributed by atoms with Crippen molar-refractivity contribution >= 4 is 62.2 Å². The third-order valence-electron chi connectivity index (χ3n) is 6.60. The molecule has 0 bridgehead atoms. The lowest BCUT2D eigenvalue weighted by Crippen LogP contribution is -2.33. The summed E-state index contributed by atoms with van der Waals surface area (Å²) in [7, 11) is 5.33. The maximum Gasteiger partial charge on any atom is 0.277 e. The molecule has 1 aliphatic heterocycles. The number of amides is 2. The van der Waals surface area contributed by atoms with Crippen LogP contribution in [0.2, 0.25) is 0 Å². The van der Waals surface area contributed by atoms with Crippen LogP contribution >= 0.6 is 11.8 Å². The number of carbonyl (C=O) groups is 2. The van der Waals surface area contributed by atoms with E-state index in [2.05, 4.69) is 62.0 Å². The first-order valence-corrected chi connectivity index (χ1v) is 11.7. The first kappa shape index (κ1) is 20.6. The van der Waals surface area contributed by atoms with Crippen LogP contribution in [0.1, 0.15) is 16.7 Å². The van der Waals surface area contributed by atoms with Crippen LogP contribution in [0.15, 0.2) is 46.9 Å². The van der Waals surface area contributed by atoms with Crippen LogP contribution in [0, 0.1) is 13.8 Å². The Bertz CT molecular complexity index is 1490. The van der Waals surface area contributed by atoms with Crippen LogP contribution in [0.4, 0.5) is 0 Å². The summed E-state index contributed by atoms with van der Waals surface area (Å²) in [6.07, 6.45) is 3.83. The maximum atomic E-state index is 12.5. The Morgan fingerprint density at radius 2 is 1.47 bits per heavy atom. The van der Waals surface area contributed by atoms with Crippen LogP contribution in [0.5, 0.6) is 0 Å². The van der Waals surface area contributed by atoms with Crippen LogP contribution < -0.4 is 0 Å². The lowest BCUT2D eigenvalue weighted by atomic mass is 10.0. The fraction of sp³-hybridized carbons (Fsp3) is 0.231. The van der Waals surface area contributed by atoms with Crippen molar-refractivity contribution in [1.82, 2.24) is 14.6 Å². The average molecular weight is 444 g/mol. The minimum atomic E-state index is -0.279. The van der Waals surface area contributed by atoms with E-state index in [9.17, 15) is 9.59 Å². The van der Waals surface area contributed by atoms with Gasteiger partial charge in [0.05, 0.1) is 11.0 Å². The molecule has 0 N–H and O–H groups in total. The van der Waals surface area contributed by atoms with E-state index in [4.69, 9.17) is 0 Å². The molecule has 0 unspecified atom stereocenters. The van der Waals surface area contributed by atoms with E-state index >= 15 is 0 Å². The number of benzene rings is 3. The zero-order valence-electron chi connectivity index (χ0n) is 19.1. The van der Waals surface area contributed by atoms with Crippen molar-refractivity contribution in [2.24, 2.45) is 7.05 Å². The van der Waals surface area contributed by atoms with Gasteiger partial charge in [0.1, 0.15) is 5.57 Å². The third-order valence-corrected chi connectivity index (χ3v) is 7.48. The minimum Gasteiger partial charge on any atom is -0.343 e. The smallest absolute Gasteiger partial charge is 0.277 e. The molecule has 5 rings (SSSR count). The number of likely N-dealkylation sites (N-methyl/N-ethyl adjacent to an activating group) is 2. The summed E-state index contributed by atoms with van der Waals surface area (Å²) in [5.74, 6) is -0.557. The molecule has 2 amide bonds. The van der Waals surface area contributed by atoms with Crippen LogP contribution in [-0.4, -0.2) is 46.8 Å². The van der Waals surface area contributed by atoms with E-state index in [1.807, 2.05) is 6.07 Å². The summed E-state index contributed by atoms with van der Waals surface area (Å²) in [6.45, 7) is 4.24. The summed E-state index contributed by atoms with van der Waals surface area (Å²) in [6, 6.07) is 13.0. The number of hydrazine groups is 1. The molecule has 32 heavy (non-hydrogen) atoms. The molecule has 5 nitrogen and oxygen atoms in total. The van der Waals surface area contributed by atoms with Gasteiger partial charge in [-0.2, -0.15) is 0 Å². The number of nitrogens with zero attached hydrogens (tertiary/aromatic N) is 3. The number of hydrogen-bond acceptors (Lipinski definition) is 3. The molecule has 0 spiro atoms. The molecule has 1 saturated heterocycles. The van der Waals surface area contributed by atoms with Gasteiger partial charge in [0.15, 0.2) is 0 Å². The topological polar surface area (TPSA) is 45.6 Å². The van der Waals surface area contributed by atoms with Crippen LogP contribution in [0.25, 0.3) is 38.7 Å². The number of carbonyl (C=O) groups excluding carboxylic acids is 2. The minimum absolute atomic E-state index is 0.194. The highest BCUT2D eigenvalue weighted by atomic mass is 32.2. The van der Waals surface area contributed by atoms with E-state index in [0.29, 0.717) is 0 Å². The normalized spacial score (nSPS) is 14.6. The SMILES string of the molecule is CSc1cc2c(ccc3c4cc(C=C5C(=O)N(C)N(C)C5=O)cc(C)c4n(C)c23)cc1C. The number of aryl methyl sites for hydroxylation is 3. The van der Waals surface area contributed by atoms with Crippen molar-refractivity contribution in [1.29, 1.82) is 0 Å². The van der Waals surface area contributed by atoms with Gasteiger partial charge in [-0.25, -0.2) is 0 Å². The number of rotatable bonds is 2. The highest BCUT2D eigenvalue weighted by molar-refractivity contribution is 7.98. The molecule has 0 atom stereocenters. The Balaban J connectivity index is 1.80. The summed E-state index contributed by atoms with van der Waals surface area (Å²) < 4.78 is 2.27. The fourth-order valence-corrected chi connectivity index (χ4v) is 5.52. The molecule has 1 fully saturated rings. The van der Waals surface area contributed by atoms with Gasteiger partial charge in [0, 0.05) is 42.2 Å². The monoisotopic (exact) mass is 443 g/mol. The van der Waals surface area contributed by atoms with E-state index in [1.54, 1.807) is 31.9 Å². The number of aromatic nitrogens is 1. The Hall–Kier alpha value is -3.25. The standard InChI is InChI=1S/C26H25N3O2S/c1-14-10-17-7-8-18-20-11-16(12-21-25(30)28(4)29(5)26(21)31)9-15(2)23(20)27(3)24(18)19(17)13-22(14)32-6/h7-13H,1-6H3. The molecule has 0 radical (unpaired) electrons. The molecular formula is C26H25N3O2S. The highest BCUT2D eigenvalue weighted by Crippen LogP contribution is 2.38. The molecule has 4 aromatic rings. The van der Waals surface area contributed by atoms with Crippen molar-refractivity contribution in [3.63, 3.8) is 0 Å². The van der Waals surface area contributed by atoms with Gasteiger partial charge >= 0.3 is 0 Å². The van der Waals surface area contributed by atoms with Crippen molar-refractivity contribution in [2.75, 3.05) is 20.4 Å². The van der Waals surface area contributed by atoms with Crippen molar-refractivity contribution in [3.05, 3.63) is 58.7 Å². The molecule has 6 heteroatoms. The molecular weight excluding hydrogens is 418 g/mol. The van der Waals surface area contributed by atoms with Gasteiger partial charge < -0.3 is 4.57 Å². The second kappa shape index (κ2) is 7.14. The van der Waals surface area contributed by atoms with E-state index in [0.717, 1.165) is 16.5 Å². The first-order chi connectivity index (χ1) is 15.2. The molecule has 2 heterocycles. The van der Waals surface area contributed by atoms with Crippen molar-refractivity contribution in [2.45, 2.75) is 18.7 Å². The second-order valence-electron chi connectivity index (χ2n) is 8.51. The molecule has 3 aromatic carbocycles. The fourth-order valence-electron chi connectivity index (χ4n) is 4.90. The Morgan fingerprint density at radius 3 is 2.12 bits per heavy atom. The van der Waals surface area contributed by atoms with E-state index < -0.39 is 0 Å². The zero-order chi connectivity index (χ0) is 22.9. The summed E-state index contributed by atoms with van der Waals surface area (Å²) in [5.41, 5.74) is 5.82. The predicted octanol–water partition coefficient (Wildman–Crippen LogP) is 5.05. The number of fused-ring (bicyclic) bond motifs is 5. The van der Waals surface area contributed by atoms with Gasteiger partial charge in [-0.05, 0) is 66.5 Å². The molecule has 1 aliphatic rings.